The number of rotatable bonds is 0. The molecule has 0 fully saturated rings. The van der Waals surface area contributed by atoms with Gasteiger partial charge in [0.05, 0.1) is 0 Å². The normalized spacial score (nSPS) is 5.83. The standard InChI is InChI=1S/Al.Ca.H3O3P.3H/c;;1-4(2)3;;;/h;;4H,(H2,1,2,3);;;/q;+2;;;;/p-2. The predicted molar refractivity (Wildman–Crippen MR) is 24.7 cm³/mol. The zero-order chi connectivity index (χ0) is 3.58. The molecule has 0 heterocycles. The van der Waals surface area contributed by atoms with Crippen LogP contribution in [0.4, 0.5) is 0 Å². The fourth-order valence-corrected chi connectivity index (χ4v) is 0. The van der Waals surface area contributed by atoms with Crippen LogP contribution in [0.5, 0.6) is 0 Å². The van der Waals surface area contributed by atoms with Crippen molar-refractivity contribution in [1.82, 2.24) is 0 Å². The van der Waals surface area contributed by atoms with Crippen LogP contribution >= 0.6 is 8.25 Å². The second kappa shape index (κ2) is 10.0. The van der Waals surface area contributed by atoms with E-state index in [0.717, 1.165) is 0 Å². The molecule has 0 radical (unpaired) electrons. The second-order valence-corrected chi connectivity index (χ2v) is 0.750. The van der Waals surface area contributed by atoms with E-state index in [0.29, 0.717) is 0 Å². The fourth-order valence-electron chi connectivity index (χ4n) is 0. The van der Waals surface area contributed by atoms with Crippen molar-refractivity contribution in [2.45, 2.75) is 0 Å². The molecule has 0 aromatic heterocycles. The van der Waals surface area contributed by atoms with Gasteiger partial charge in [-0.25, -0.2) is 0 Å². The van der Waals surface area contributed by atoms with Gasteiger partial charge in [-0.05, 0) is 0 Å². The average molecular weight is 150 g/mol. The van der Waals surface area contributed by atoms with Crippen molar-refractivity contribution in [2.75, 3.05) is 0 Å². The molecule has 0 bridgehead atoms. The Labute approximate surface area is 76.8 Å². The first-order valence-corrected chi connectivity index (χ1v) is 1.84. The van der Waals surface area contributed by atoms with Gasteiger partial charge in [-0.1, -0.05) is 8.25 Å². The molecule has 0 aliphatic rings. The predicted octanol–water partition coefficient (Wildman–Crippen LogP) is -3.47. The van der Waals surface area contributed by atoms with Gasteiger partial charge in [-0.2, -0.15) is 0 Å². The summed E-state index contributed by atoms with van der Waals surface area (Å²) in [6.07, 6.45) is 0. The van der Waals surface area contributed by atoms with E-state index in [4.69, 9.17) is 14.4 Å². The van der Waals surface area contributed by atoms with E-state index in [2.05, 4.69) is 0 Å². The third-order valence-corrected chi connectivity index (χ3v) is 0. The third-order valence-electron chi connectivity index (χ3n) is 0. The van der Waals surface area contributed by atoms with E-state index in [-0.39, 0.29) is 55.1 Å². The summed E-state index contributed by atoms with van der Waals surface area (Å²) in [4.78, 5) is 17.0. The Morgan fingerprint density at radius 1 is 1.33 bits per heavy atom. The van der Waals surface area contributed by atoms with Crippen LogP contribution < -0.4 is 9.79 Å². The fraction of sp³-hybridized carbons (Fsp3) is 0. The minimum absolute atomic E-state index is 0. The molecule has 0 rings (SSSR count). The first-order valence-electron chi connectivity index (χ1n) is 0.612. The largest absolute Gasteiger partial charge is 2.00 e. The van der Waals surface area contributed by atoms with Crippen LogP contribution in [-0.2, 0) is 4.57 Å². The minimum atomic E-state index is -3.63. The molecule has 0 saturated carbocycles. The molecule has 0 aromatic rings. The van der Waals surface area contributed by atoms with Gasteiger partial charge in [0.2, 0.25) is 0 Å². The molecular weight excluding hydrogens is 146 g/mol. The smallest absolute Gasteiger partial charge is 0.813 e. The monoisotopic (exact) mass is 150 g/mol. The van der Waals surface area contributed by atoms with Crippen LogP contribution in [0.15, 0.2) is 0 Å². The summed E-state index contributed by atoms with van der Waals surface area (Å²) in [6, 6.07) is 0. The molecule has 0 amide bonds. The van der Waals surface area contributed by atoms with Crippen LogP contribution in [0, 0.1) is 0 Å². The maximum absolute atomic E-state index is 8.52. The summed E-state index contributed by atoms with van der Waals surface area (Å²) in [6.45, 7) is 0. The van der Waals surface area contributed by atoms with Crippen LogP contribution in [-0.4, -0.2) is 55.1 Å². The molecule has 0 saturated heterocycles. The van der Waals surface area contributed by atoms with Crippen LogP contribution in [0.2, 0.25) is 0 Å². The molecule has 0 atom stereocenters. The molecule has 32 valence electrons. The molecule has 3 nitrogen and oxygen atoms in total. The summed E-state index contributed by atoms with van der Waals surface area (Å²) in [5, 5.41) is 0. The van der Waals surface area contributed by atoms with Crippen LogP contribution in [0.1, 0.15) is 0 Å². The van der Waals surface area contributed by atoms with Gasteiger partial charge in [0.25, 0.3) is 0 Å². The molecule has 0 aromatic carbocycles. The SMILES string of the molecule is O=[PH]([O-])[O-].[AlH3].[Ca+2]. The van der Waals surface area contributed by atoms with Crippen molar-refractivity contribution >= 4 is 63.4 Å². The minimum Gasteiger partial charge on any atom is -0.813 e. The second-order valence-electron chi connectivity index (χ2n) is 0.250. The van der Waals surface area contributed by atoms with E-state index in [1.54, 1.807) is 0 Å². The summed E-state index contributed by atoms with van der Waals surface area (Å²) < 4.78 is 8.52. The molecule has 0 N–H and O–H groups in total. The molecule has 6 heteroatoms. The zero-order valence-corrected chi connectivity index (χ0v) is 5.64. The van der Waals surface area contributed by atoms with Crippen molar-refractivity contribution in [3.05, 3.63) is 0 Å². The van der Waals surface area contributed by atoms with Crippen LogP contribution in [0.3, 0.4) is 0 Å². The van der Waals surface area contributed by atoms with Crippen molar-refractivity contribution in [3.8, 4) is 0 Å². The maximum Gasteiger partial charge on any atom is 2.00 e. The summed E-state index contributed by atoms with van der Waals surface area (Å²) in [7, 11) is -3.63. The van der Waals surface area contributed by atoms with E-state index in [1.807, 2.05) is 0 Å². The van der Waals surface area contributed by atoms with E-state index < -0.39 is 8.25 Å². The molecule has 0 spiro atoms. The summed E-state index contributed by atoms with van der Waals surface area (Å²) in [5.41, 5.74) is 0. The third kappa shape index (κ3) is 38.5. The number of hydrogen-bond acceptors (Lipinski definition) is 3. The van der Waals surface area contributed by atoms with Gasteiger partial charge in [0, 0.05) is 0 Å². The van der Waals surface area contributed by atoms with Crippen LogP contribution in [0.25, 0.3) is 0 Å². The Morgan fingerprint density at radius 2 is 1.33 bits per heavy atom. The van der Waals surface area contributed by atoms with E-state index >= 15 is 0 Å². The van der Waals surface area contributed by atoms with Crippen molar-refractivity contribution in [1.29, 1.82) is 0 Å². The van der Waals surface area contributed by atoms with E-state index in [9.17, 15) is 0 Å². The molecule has 0 unspecified atom stereocenters. The topological polar surface area (TPSA) is 63.2 Å². The van der Waals surface area contributed by atoms with Gasteiger partial charge in [0.1, 0.15) is 0 Å². The Kier molecular flexibility index (Phi) is 26.2. The van der Waals surface area contributed by atoms with Gasteiger partial charge in [-0.15, -0.1) is 0 Å². The number of hydrogen-bond donors (Lipinski definition) is 0. The Bertz CT molecular complexity index is 33.8. The quantitative estimate of drug-likeness (QED) is 0.266. The van der Waals surface area contributed by atoms with Gasteiger partial charge < -0.3 is 14.4 Å². The Hall–Kier alpha value is 1.94. The van der Waals surface area contributed by atoms with E-state index in [1.165, 1.54) is 0 Å². The van der Waals surface area contributed by atoms with Gasteiger partial charge in [-0.3, -0.25) is 0 Å². The first-order chi connectivity index (χ1) is 1.73. The summed E-state index contributed by atoms with van der Waals surface area (Å²) in [5.74, 6) is 0. The van der Waals surface area contributed by atoms with Crippen molar-refractivity contribution < 1.29 is 14.4 Å². The average Bonchev–Trinajstić information content (AvgIpc) is 0.811. The zero-order valence-electron chi connectivity index (χ0n) is 2.43. The molecule has 0 aliphatic carbocycles. The Morgan fingerprint density at radius 3 is 1.33 bits per heavy atom. The van der Waals surface area contributed by atoms with Gasteiger partial charge in [0.15, 0.2) is 17.4 Å². The first kappa shape index (κ1) is 15.7. The van der Waals surface area contributed by atoms with Crippen molar-refractivity contribution in [3.63, 3.8) is 0 Å². The Balaban J connectivity index is -0.0000000450. The molecule has 6 heavy (non-hydrogen) atoms. The molecule has 0 aliphatic heterocycles. The molecular formula is H4AlCaO3P. The maximum atomic E-state index is 8.52. The van der Waals surface area contributed by atoms with Crippen molar-refractivity contribution in [2.24, 2.45) is 0 Å². The summed E-state index contributed by atoms with van der Waals surface area (Å²) >= 11 is 0. The van der Waals surface area contributed by atoms with Gasteiger partial charge >= 0.3 is 37.7 Å².